The summed E-state index contributed by atoms with van der Waals surface area (Å²) < 4.78 is 0. The maximum absolute atomic E-state index is 12.5. The first kappa shape index (κ1) is 17.3. The number of hydrogen-bond acceptors (Lipinski definition) is 3. The maximum Gasteiger partial charge on any atom is 0.263 e. The van der Waals surface area contributed by atoms with E-state index in [9.17, 15) is 9.59 Å². The van der Waals surface area contributed by atoms with Crippen molar-refractivity contribution in [2.75, 3.05) is 18.4 Å². The summed E-state index contributed by atoms with van der Waals surface area (Å²) >= 11 is 13.3. The molecule has 0 saturated carbocycles. The van der Waals surface area contributed by atoms with Gasteiger partial charge in [-0.3, -0.25) is 9.59 Å². The summed E-state index contributed by atoms with van der Waals surface area (Å²) in [5.74, 6) is -0.328. The van der Waals surface area contributed by atoms with E-state index in [0.717, 1.165) is 12.8 Å². The molecule has 7 heteroatoms. The molecule has 0 spiro atoms. The van der Waals surface area contributed by atoms with E-state index >= 15 is 0 Å². The molecule has 1 aromatic carbocycles. The number of amides is 2. The van der Waals surface area contributed by atoms with Gasteiger partial charge in [0, 0.05) is 18.8 Å². The molecule has 0 aliphatic carbocycles. The van der Waals surface area contributed by atoms with Crippen molar-refractivity contribution in [2.24, 2.45) is 5.92 Å². The van der Waals surface area contributed by atoms with Gasteiger partial charge in [0.15, 0.2) is 0 Å². The molecule has 1 saturated heterocycles. The summed E-state index contributed by atoms with van der Waals surface area (Å²) in [4.78, 5) is 27.4. The fourth-order valence-electron chi connectivity index (χ4n) is 2.75. The van der Waals surface area contributed by atoms with Crippen molar-refractivity contribution in [2.45, 2.75) is 12.8 Å². The fourth-order valence-corrected chi connectivity index (χ4v) is 3.74. The number of benzene rings is 1. The Balaban J connectivity index is 1.64. The number of halogens is 2. The highest BCUT2D eigenvalue weighted by Crippen LogP contribution is 2.26. The van der Waals surface area contributed by atoms with Crippen LogP contribution in [0, 0.1) is 5.92 Å². The SMILES string of the molecule is O=C(Nc1ccc(Cl)c(Cl)c1)[C@@H]1CCCN(C(=O)c2cccs2)C1. The smallest absolute Gasteiger partial charge is 0.263 e. The van der Waals surface area contributed by atoms with Gasteiger partial charge in [-0.05, 0) is 42.5 Å². The van der Waals surface area contributed by atoms with Crippen LogP contribution < -0.4 is 5.32 Å². The lowest BCUT2D eigenvalue weighted by molar-refractivity contribution is -0.121. The Morgan fingerprint density at radius 1 is 1.21 bits per heavy atom. The van der Waals surface area contributed by atoms with Crippen LogP contribution >= 0.6 is 34.5 Å². The Labute approximate surface area is 154 Å². The topological polar surface area (TPSA) is 49.4 Å². The van der Waals surface area contributed by atoms with Gasteiger partial charge in [0.25, 0.3) is 5.91 Å². The lowest BCUT2D eigenvalue weighted by Gasteiger charge is -2.31. The average Bonchev–Trinajstić information content (AvgIpc) is 3.12. The fraction of sp³-hybridized carbons (Fsp3) is 0.294. The molecule has 1 aliphatic heterocycles. The molecule has 3 rings (SSSR count). The predicted octanol–water partition coefficient (Wildman–Crippen LogP) is 4.55. The molecule has 0 radical (unpaired) electrons. The van der Waals surface area contributed by atoms with Gasteiger partial charge in [0.1, 0.15) is 0 Å². The molecule has 1 atom stereocenters. The monoisotopic (exact) mass is 382 g/mol. The summed E-state index contributed by atoms with van der Waals surface area (Å²) in [5.41, 5.74) is 0.608. The van der Waals surface area contributed by atoms with Crippen LogP contribution in [0.2, 0.25) is 10.0 Å². The van der Waals surface area contributed by atoms with E-state index in [-0.39, 0.29) is 17.7 Å². The lowest BCUT2D eigenvalue weighted by Crippen LogP contribution is -2.43. The largest absolute Gasteiger partial charge is 0.337 e. The second-order valence-corrected chi connectivity index (χ2v) is 7.45. The van der Waals surface area contributed by atoms with Crippen LogP contribution in [-0.2, 0) is 4.79 Å². The minimum atomic E-state index is -0.225. The van der Waals surface area contributed by atoms with Gasteiger partial charge in [-0.15, -0.1) is 11.3 Å². The highest BCUT2D eigenvalue weighted by atomic mass is 35.5. The molecule has 1 fully saturated rings. The molecule has 1 aliphatic rings. The number of thiophene rings is 1. The Morgan fingerprint density at radius 3 is 2.75 bits per heavy atom. The van der Waals surface area contributed by atoms with E-state index in [4.69, 9.17) is 23.2 Å². The Hall–Kier alpha value is -1.56. The van der Waals surface area contributed by atoms with Gasteiger partial charge in [-0.25, -0.2) is 0 Å². The standard InChI is InChI=1S/C17H16Cl2N2O2S/c18-13-6-5-12(9-14(13)19)20-16(22)11-3-1-7-21(10-11)17(23)15-4-2-8-24-15/h2,4-6,8-9,11H,1,3,7,10H2,(H,20,22)/t11-/m1/s1. The normalized spacial score (nSPS) is 17.6. The Bertz CT molecular complexity index is 749. The van der Waals surface area contributed by atoms with E-state index in [1.54, 1.807) is 23.1 Å². The third-order valence-corrected chi connectivity index (χ3v) is 5.60. The highest BCUT2D eigenvalue weighted by Gasteiger charge is 2.29. The van der Waals surface area contributed by atoms with Crippen LogP contribution in [0.5, 0.6) is 0 Å². The van der Waals surface area contributed by atoms with Crippen LogP contribution in [0.4, 0.5) is 5.69 Å². The zero-order chi connectivity index (χ0) is 17.1. The van der Waals surface area contributed by atoms with Gasteiger partial charge in [0.05, 0.1) is 20.8 Å². The molecule has 126 valence electrons. The number of carbonyl (C=O) groups is 2. The molecule has 1 aromatic heterocycles. The Kier molecular flexibility index (Phi) is 5.43. The van der Waals surface area contributed by atoms with Gasteiger partial charge < -0.3 is 10.2 Å². The molecular weight excluding hydrogens is 367 g/mol. The first-order valence-corrected chi connectivity index (χ1v) is 9.27. The van der Waals surface area contributed by atoms with Crippen LogP contribution in [0.3, 0.4) is 0 Å². The van der Waals surface area contributed by atoms with E-state index in [1.807, 2.05) is 17.5 Å². The average molecular weight is 383 g/mol. The van der Waals surface area contributed by atoms with Crippen molar-refractivity contribution in [3.63, 3.8) is 0 Å². The number of nitrogens with one attached hydrogen (secondary N) is 1. The minimum absolute atomic E-state index is 0.00274. The van der Waals surface area contributed by atoms with E-state index < -0.39 is 0 Å². The maximum atomic E-state index is 12.5. The van der Waals surface area contributed by atoms with Crippen molar-refractivity contribution < 1.29 is 9.59 Å². The van der Waals surface area contributed by atoms with Crippen molar-refractivity contribution in [1.29, 1.82) is 0 Å². The zero-order valence-electron chi connectivity index (χ0n) is 12.8. The number of piperidine rings is 1. The van der Waals surface area contributed by atoms with Crippen LogP contribution in [0.25, 0.3) is 0 Å². The summed E-state index contributed by atoms with van der Waals surface area (Å²) in [7, 11) is 0. The zero-order valence-corrected chi connectivity index (χ0v) is 15.1. The number of hydrogen-bond donors (Lipinski definition) is 1. The molecule has 2 aromatic rings. The quantitative estimate of drug-likeness (QED) is 0.846. The first-order valence-electron chi connectivity index (χ1n) is 7.63. The summed E-state index contributed by atoms with van der Waals surface area (Å²) in [5, 5.41) is 5.58. The first-order chi connectivity index (χ1) is 11.5. The number of carbonyl (C=O) groups excluding carboxylic acids is 2. The van der Waals surface area contributed by atoms with Crippen molar-refractivity contribution in [3.05, 3.63) is 50.6 Å². The Morgan fingerprint density at radius 2 is 2.04 bits per heavy atom. The molecule has 0 unspecified atom stereocenters. The molecule has 2 heterocycles. The van der Waals surface area contributed by atoms with Gasteiger partial charge in [-0.1, -0.05) is 29.3 Å². The second kappa shape index (κ2) is 7.55. The van der Waals surface area contributed by atoms with Gasteiger partial charge in [0.2, 0.25) is 5.91 Å². The highest BCUT2D eigenvalue weighted by molar-refractivity contribution is 7.12. The van der Waals surface area contributed by atoms with E-state index in [2.05, 4.69) is 5.32 Å². The second-order valence-electron chi connectivity index (χ2n) is 5.69. The summed E-state index contributed by atoms with van der Waals surface area (Å²) in [6.07, 6.45) is 1.58. The van der Waals surface area contributed by atoms with Crippen molar-refractivity contribution in [3.8, 4) is 0 Å². The van der Waals surface area contributed by atoms with E-state index in [1.165, 1.54) is 11.3 Å². The molecule has 2 amide bonds. The molecular formula is C17H16Cl2N2O2S. The molecule has 4 nitrogen and oxygen atoms in total. The number of rotatable bonds is 3. The molecule has 0 bridgehead atoms. The van der Waals surface area contributed by atoms with Crippen LogP contribution in [0.15, 0.2) is 35.7 Å². The number of nitrogens with zero attached hydrogens (tertiary/aromatic N) is 1. The van der Waals surface area contributed by atoms with E-state index in [0.29, 0.717) is 33.7 Å². The molecule has 24 heavy (non-hydrogen) atoms. The van der Waals surface area contributed by atoms with Gasteiger partial charge in [-0.2, -0.15) is 0 Å². The van der Waals surface area contributed by atoms with Crippen LogP contribution in [-0.4, -0.2) is 29.8 Å². The third kappa shape index (κ3) is 3.91. The number of likely N-dealkylation sites (tertiary alicyclic amines) is 1. The van der Waals surface area contributed by atoms with Crippen LogP contribution in [0.1, 0.15) is 22.5 Å². The van der Waals surface area contributed by atoms with Crippen molar-refractivity contribution in [1.82, 2.24) is 4.90 Å². The lowest BCUT2D eigenvalue weighted by atomic mass is 9.97. The predicted molar refractivity (Wildman–Crippen MR) is 98.0 cm³/mol. The summed E-state index contributed by atoms with van der Waals surface area (Å²) in [6.45, 7) is 1.12. The third-order valence-electron chi connectivity index (χ3n) is 4.00. The van der Waals surface area contributed by atoms with Crippen molar-refractivity contribution >= 4 is 52.0 Å². The van der Waals surface area contributed by atoms with Gasteiger partial charge >= 0.3 is 0 Å². The molecule has 1 N–H and O–H groups in total. The summed E-state index contributed by atoms with van der Waals surface area (Å²) in [6, 6.07) is 8.65. The number of anilines is 1. The minimum Gasteiger partial charge on any atom is -0.337 e.